The van der Waals surface area contributed by atoms with E-state index in [1.807, 2.05) is 18.7 Å². The van der Waals surface area contributed by atoms with Gasteiger partial charge in [0, 0.05) is 13.1 Å². The molecule has 2 aromatic rings. The number of alkyl halides is 1. The Labute approximate surface area is 118 Å². The van der Waals surface area contributed by atoms with Gasteiger partial charge in [-0.05, 0) is 25.7 Å². The number of rotatable bonds is 4. The maximum absolute atomic E-state index is 6.33. The molecule has 0 spiro atoms. The van der Waals surface area contributed by atoms with Crippen LogP contribution in [-0.2, 0) is 13.5 Å². The quantitative estimate of drug-likeness (QED) is 0.802. The third-order valence-electron chi connectivity index (χ3n) is 4.20. The van der Waals surface area contributed by atoms with Crippen LogP contribution in [0.1, 0.15) is 56.6 Å². The first-order chi connectivity index (χ1) is 9.08. The fraction of sp³-hybridized carbons (Fsp3) is 0.714. The average Bonchev–Trinajstić information content (AvgIpc) is 2.94. The minimum atomic E-state index is -0.0600. The van der Waals surface area contributed by atoms with Crippen LogP contribution in [-0.4, -0.2) is 19.3 Å². The molecule has 104 valence electrons. The van der Waals surface area contributed by atoms with Crippen molar-refractivity contribution in [1.82, 2.24) is 19.3 Å². The molecular weight excluding hydrogens is 260 g/mol. The van der Waals surface area contributed by atoms with Gasteiger partial charge in [-0.15, -0.1) is 11.6 Å². The zero-order valence-corrected chi connectivity index (χ0v) is 12.8. The number of fused-ring (bicyclic) bond motifs is 1. The summed E-state index contributed by atoms with van der Waals surface area (Å²) in [7, 11) is 2.01. The minimum absolute atomic E-state index is 0.0600. The Morgan fingerprint density at radius 1 is 1.42 bits per heavy atom. The van der Waals surface area contributed by atoms with Crippen molar-refractivity contribution in [3.05, 3.63) is 11.5 Å². The molecule has 0 aliphatic heterocycles. The van der Waals surface area contributed by atoms with Gasteiger partial charge in [0.25, 0.3) is 0 Å². The molecule has 2 aromatic heterocycles. The van der Waals surface area contributed by atoms with Crippen molar-refractivity contribution < 1.29 is 0 Å². The third kappa shape index (κ3) is 1.88. The fourth-order valence-electron chi connectivity index (χ4n) is 3.05. The predicted octanol–water partition coefficient (Wildman–Crippen LogP) is 3.60. The molecule has 0 aromatic carbocycles. The average molecular weight is 281 g/mol. The zero-order valence-electron chi connectivity index (χ0n) is 12.0. The maximum Gasteiger partial charge on any atom is 0.158 e. The zero-order chi connectivity index (χ0) is 13.7. The molecule has 1 fully saturated rings. The largest absolute Gasteiger partial charge is 0.308 e. The summed E-state index contributed by atoms with van der Waals surface area (Å²) in [5.41, 5.74) is 3.25. The van der Waals surface area contributed by atoms with Gasteiger partial charge < -0.3 is 4.57 Å². The molecule has 2 heterocycles. The van der Waals surface area contributed by atoms with Crippen LogP contribution in [0.4, 0.5) is 0 Å². The van der Waals surface area contributed by atoms with Gasteiger partial charge in [0.15, 0.2) is 5.65 Å². The third-order valence-corrected chi connectivity index (χ3v) is 4.39. The molecule has 5 heteroatoms. The SMILES string of the molecule is CCc1nn(C)c2c1nc(C(C)Cl)n2C1CC1CC. The minimum Gasteiger partial charge on any atom is -0.308 e. The lowest BCUT2D eigenvalue weighted by atomic mass is 10.3. The number of aryl methyl sites for hydroxylation is 2. The molecule has 3 rings (SSSR count). The highest BCUT2D eigenvalue weighted by Crippen LogP contribution is 2.48. The lowest BCUT2D eigenvalue weighted by molar-refractivity contribution is 0.603. The van der Waals surface area contributed by atoms with E-state index >= 15 is 0 Å². The molecule has 4 nitrogen and oxygen atoms in total. The molecule has 1 saturated carbocycles. The van der Waals surface area contributed by atoms with Crippen LogP contribution in [0.2, 0.25) is 0 Å². The number of imidazole rings is 1. The molecule has 0 bridgehead atoms. The van der Waals surface area contributed by atoms with E-state index < -0.39 is 0 Å². The summed E-state index contributed by atoms with van der Waals surface area (Å²) in [5.74, 6) is 1.77. The molecular formula is C14H21ClN4. The lowest BCUT2D eigenvalue weighted by Crippen LogP contribution is -2.07. The molecule has 0 N–H and O–H groups in total. The Bertz CT molecular complexity index is 611. The second-order valence-electron chi connectivity index (χ2n) is 5.52. The lowest BCUT2D eigenvalue weighted by Gasteiger charge is -2.10. The normalized spacial score (nSPS) is 24.1. The maximum atomic E-state index is 6.33. The van der Waals surface area contributed by atoms with E-state index in [-0.39, 0.29) is 5.38 Å². The summed E-state index contributed by atoms with van der Waals surface area (Å²) in [6.45, 7) is 6.38. The Morgan fingerprint density at radius 2 is 2.16 bits per heavy atom. The molecule has 0 saturated heterocycles. The molecule has 0 amide bonds. The van der Waals surface area contributed by atoms with Crippen molar-refractivity contribution in [2.75, 3.05) is 0 Å². The second-order valence-corrected chi connectivity index (χ2v) is 6.18. The van der Waals surface area contributed by atoms with E-state index in [1.54, 1.807) is 0 Å². The molecule has 19 heavy (non-hydrogen) atoms. The van der Waals surface area contributed by atoms with Gasteiger partial charge in [0.2, 0.25) is 0 Å². The Kier molecular flexibility index (Phi) is 3.08. The Balaban J connectivity index is 2.21. The van der Waals surface area contributed by atoms with Crippen molar-refractivity contribution in [2.24, 2.45) is 13.0 Å². The van der Waals surface area contributed by atoms with Crippen LogP contribution >= 0.6 is 11.6 Å². The van der Waals surface area contributed by atoms with Crippen molar-refractivity contribution in [3.63, 3.8) is 0 Å². The van der Waals surface area contributed by atoms with Gasteiger partial charge in [0.05, 0.1) is 11.1 Å². The summed E-state index contributed by atoms with van der Waals surface area (Å²) in [5, 5.41) is 4.52. The molecule has 3 unspecified atom stereocenters. The number of hydrogen-bond acceptors (Lipinski definition) is 2. The van der Waals surface area contributed by atoms with Gasteiger partial charge in [-0.2, -0.15) is 5.10 Å². The summed E-state index contributed by atoms with van der Waals surface area (Å²) >= 11 is 6.33. The number of aromatic nitrogens is 4. The first kappa shape index (κ1) is 13.0. The fourth-order valence-corrected chi connectivity index (χ4v) is 3.21. The standard InChI is InChI=1S/C14H21ClN4/c1-5-9-7-11(9)19-13(8(3)15)16-12-10(6-2)17-18(4)14(12)19/h8-9,11H,5-7H2,1-4H3. The summed E-state index contributed by atoms with van der Waals surface area (Å²) in [6.07, 6.45) is 3.37. The van der Waals surface area contributed by atoms with E-state index in [1.165, 1.54) is 12.8 Å². The van der Waals surface area contributed by atoms with Gasteiger partial charge in [-0.25, -0.2) is 4.98 Å². The number of nitrogens with zero attached hydrogens (tertiary/aromatic N) is 4. The summed E-state index contributed by atoms with van der Waals surface area (Å²) in [4.78, 5) is 4.78. The highest BCUT2D eigenvalue weighted by molar-refractivity contribution is 6.20. The molecule has 0 radical (unpaired) electrons. The smallest absolute Gasteiger partial charge is 0.158 e. The van der Waals surface area contributed by atoms with E-state index in [0.717, 1.165) is 35.0 Å². The Morgan fingerprint density at radius 3 is 2.68 bits per heavy atom. The highest BCUT2D eigenvalue weighted by atomic mass is 35.5. The van der Waals surface area contributed by atoms with E-state index in [0.29, 0.717) is 6.04 Å². The first-order valence-electron chi connectivity index (χ1n) is 7.16. The van der Waals surface area contributed by atoms with E-state index in [9.17, 15) is 0 Å². The van der Waals surface area contributed by atoms with Crippen molar-refractivity contribution >= 4 is 22.8 Å². The van der Waals surface area contributed by atoms with Gasteiger partial charge in [0.1, 0.15) is 11.3 Å². The van der Waals surface area contributed by atoms with Crippen LogP contribution in [0, 0.1) is 5.92 Å². The van der Waals surface area contributed by atoms with Crippen LogP contribution in [0.25, 0.3) is 11.2 Å². The van der Waals surface area contributed by atoms with Gasteiger partial charge >= 0.3 is 0 Å². The monoisotopic (exact) mass is 280 g/mol. The topological polar surface area (TPSA) is 35.6 Å². The number of hydrogen-bond donors (Lipinski definition) is 0. The van der Waals surface area contributed by atoms with E-state index in [2.05, 4.69) is 23.5 Å². The molecule has 3 atom stereocenters. The summed E-state index contributed by atoms with van der Waals surface area (Å²) in [6, 6.07) is 0.561. The predicted molar refractivity (Wildman–Crippen MR) is 77.6 cm³/mol. The van der Waals surface area contributed by atoms with Crippen molar-refractivity contribution in [2.45, 2.75) is 51.5 Å². The van der Waals surface area contributed by atoms with Crippen molar-refractivity contribution in [1.29, 1.82) is 0 Å². The summed E-state index contributed by atoms with van der Waals surface area (Å²) < 4.78 is 4.31. The van der Waals surface area contributed by atoms with Crippen molar-refractivity contribution in [3.8, 4) is 0 Å². The number of halogens is 1. The van der Waals surface area contributed by atoms with Gasteiger partial charge in [-0.3, -0.25) is 4.68 Å². The Hall–Kier alpha value is -1.03. The second kappa shape index (κ2) is 4.51. The molecule has 1 aliphatic rings. The van der Waals surface area contributed by atoms with E-state index in [4.69, 9.17) is 16.6 Å². The van der Waals surface area contributed by atoms with Gasteiger partial charge in [-0.1, -0.05) is 20.3 Å². The van der Waals surface area contributed by atoms with Crippen LogP contribution in [0.3, 0.4) is 0 Å². The molecule has 1 aliphatic carbocycles. The highest BCUT2D eigenvalue weighted by Gasteiger charge is 2.40. The van der Waals surface area contributed by atoms with Crippen LogP contribution in [0.15, 0.2) is 0 Å². The van der Waals surface area contributed by atoms with Crippen LogP contribution in [0.5, 0.6) is 0 Å². The first-order valence-corrected chi connectivity index (χ1v) is 7.59. The van der Waals surface area contributed by atoms with Crippen LogP contribution < -0.4 is 0 Å².